The molecule has 0 aliphatic carbocycles. The van der Waals surface area contributed by atoms with Crippen LogP contribution in [0.25, 0.3) is 5.69 Å². The second-order valence-corrected chi connectivity index (χ2v) is 7.37. The van der Waals surface area contributed by atoms with Gasteiger partial charge in [-0.2, -0.15) is 0 Å². The number of aryl methyl sites for hydroxylation is 1. The second kappa shape index (κ2) is 8.53. The highest BCUT2D eigenvalue weighted by atomic mass is 127. The SMILES string of the molecule is Cc1csc(=Nc2ccccc2O)n1-c1ccccc1OCCCI. The molecule has 1 heterocycles. The standard InChI is InChI=1S/C19H19IN2O2S/c1-14-13-25-19(21-15-7-2-4-9-17(15)23)22(14)16-8-3-5-10-18(16)24-12-6-11-20/h2-5,7-10,13,23H,6,11-12H2,1H3. The Kier molecular flexibility index (Phi) is 6.14. The fourth-order valence-electron chi connectivity index (χ4n) is 2.43. The van der Waals surface area contributed by atoms with Gasteiger partial charge >= 0.3 is 0 Å². The Hall–Kier alpha value is -1.80. The lowest BCUT2D eigenvalue weighted by Crippen LogP contribution is -2.15. The number of aromatic nitrogens is 1. The van der Waals surface area contributed by atoms with Crippen molar-refractivity contribution in [3.05, 3.63) is 64.4 Å². The first-order valence-electron chi connectivity index (χ1n) is 7.98. The maximum atomic E-state index is 10.0. The van der Waals surface area contributed by atoms with Gasteiger partial charge in [-0.05, 0) is 37.6 Å². The molecular formula is C19H19IN2O2S. The van der Waals surface area contributed by atoms with E-state index in [0.717, 1.165) is 32.8 Å². The molecule has 1 N–H and O–H groups in total. The molecule has 3 rings (SSSR count). The summed E-state index contributed by atoms with van der Waals surface area (Å²) in [7, 11) is 0. The number of phenols is 1. The lowest BCUT2D eigenvalue weighted by molar-refractivity contribution is 0.318. The molecule has 0 aliphatic heterocycles. The maximum absolute atomic E-state index is 10.0. The number of benzene rings is 2. The van der Waals surface area contributed by atoms with Gasteiger partial charge in [-0.25, -0.2) is 4.99 Å². The van der Waals surface area contributed by atoms with E-state index in [0.29, 0.717) is 12.3 Å². The zero-order valence-electron chi connectivity index (χ0n) is 13.9. The topological polar surface area (TPSA) is 46.8 Å². The van der Waals surface area contributed by atoms with Crippen LogP contribution >= 0.6 is 33.9 Å². The molecule has 0 saturated carbocycles. The highest BCUT2D eigenvalue weighted by molar-refractivity contribution is 14.1. The first-order valence-corrected chi connectivity index (χ1v) is 10.4. The maximum Gasteiger partial charge on any atom is 0.195 e. The van der Waals surface area contributed by atoms with Gasteiger partial charge < -0.3 is 9.84 Å². The van der Waals surface area contributed by atoms with Gasteiger partial charge in [0.2, 0.25) is 0 Å². The Bertz CT molecular complexity index is 918. The van der Waals surface area contributed by atoms with Gasteiger partial charge in [-0.15, -0.1) is 11.3 Å². The third-order valence-electron chi connectivity index (χ3n) is 3.62. The fraction of sp³-hybridized carbons (Fsp3) is 0.211. The van der Waals surface area contributed by atoms with Gasteiger partial charge in [0.15, 0.2) is 4.80 Å². The van der Waals surface area contributed by atoms with Crippen LogP contribution in [0.3, 0.4) is 0 Å². The van der Waals surface area contributed by atoms with Crippen LogP contribution < -0.4 is 9.54 Å². The van der Waals surface area contributed by atoms with E-state index in [2.05, 4.69) is 37.5 Å². The van der Waals surface area contributed by atoms with Crippen molar-refractivity contribution in [2.75, 3.05) is 11.0 Å². The van der Waals surface area contributed by atoms with E-state index >= 15 is 0 Å². The molecule has 1 aromatic heterocycles. The Morgan fingerprint density at radius 2 is 1.92 bits per heavy atom. The largest absolute Gasteiger partial charge is 0.506 e. The van der Waals surface area contributed by atoms with Crippen molar-refractivity contribution in [2.45, 2.75) is 13.3 Å². The first kappa shape index (κ1) is 18.0. The molecule has 6 heteroatoms. The molecule has 0 saturated heterocycles. The second-order valence-electron chi connectivity index (χ2n) is 5.45. The smallest absolute Gasteiger partial charge is 0.195 e. The molecule has 130 valence electrons. The molecule has 3 aromatic rings. The van der Waals surface area contributed by atoms with Crippen molar-refractivity contribution in [2.24, 2.45) is 4.99 Å². The number of nitrogens with zero attached hydrogens (tertiary/aromatic N) is 2. The van der Waals surface area contributed by atoms with Crippen LogP contribution in [0, 0.1) is 6.92 Å². The van der Waals surface area contributed by atoms with Gasteiger partial charge in [-0.1, -0.05) is 46.9 Å². The predicted octanol–water partition coefficient (Wildman–Crippen LogP) is 4.99. The number of rotatable bonds is 6. The summed E-state index contributed by atoms with van der Waals surface area (Å²) in [5.41, 5.74) is 2.59. The predicted molar refractivity (Wildman–Crippen MR) is 111 cm³/mol. The summed E-state index contributed by atoms with van der Waals surface area (Å²) in [4.78, 5) is 5.45. The van der Waals surface area contributed by atoms with Gasteiger partial charge in [0.05, 0.1) is 12.3 Å². The third kappa shape index (κ3) is 4.24. The normalized spacial score (nSPS) is 11.7. The molecule has 0 bridgehead atoms. The summed E-state index contributed by atoms with van der Waals surface area (Å²) in [5.74, 6) is 1.01. The minimum Gasteiger partial charge on any atom is -0.506 e. The van der Waals surface area contributed by atoms with Gasteiger partial charge in [0.1, 0.15) is 17.2 Å². The van der Waals surface area contributed by atoms with E-state index in [1.807, 2.05) is 37.3 Å². The van der Waals surface area contributed by atoms with Crippen molar-refractivity contribution in [3.63, 3.8) is 0 Å². The molecular weight excluding hydrogens is 447 g/mol. The molecule has 0 atom stereocenters. The lowest BCUT2D eigenvalue weighted by Gasteiger charge is -2.13. The number of aromatic hydroxyl groups is 1. The molecule has 0 spiro atoms. The number of thiazole rings is 1. The lowest BCUT2D eigenvalue weighted by atomic mass is 10.3. The molecule has 2 aromatic carbocycles. The Balaban J connectivity index is 2.08. The van der Waals surface area contributed by atoms with E-state index in [1.165, 1.54) is 0 Å². The summed E-state index contributed by atoms with van der Waals surface area (Å²) >= 11 is 3.89. The Morgan fingerprint density at radius 3 is 2.72 bits per heavy atom. The molecule has 0 radical (unpaired) electrons. The Labute approximate surface area is 164 Å². The first-order chi connectivity index (χ1) is 12.2. The van der Waals surface area contributed by atoms with Crippen LogP contribution in [-0.4, -0.2) is 20.7 Å². The van der Waals surface area contributed by atoms with E-state index in [1.54, 1.807) is 29.5 Å². The summed E-state index contributed by atoms with van der Waals surface area (Å²) in [6, 6.07) is 15.1. The van der Waals surface area contributed by atoms with E-state index in [-0.39, 0.29) is 5.75 Å². The average Bonchev–Trinajstić information content (AvgIpc) is 2.98. The molecule has 25 heavy (non-hydrogen) atoms. The summed E-state index contributed by atoms with van der Waals surface area (Å²) in [5, 5.41) is 12.1. The van der Waals surface area contributed by atoms with Gasteiger partial charge in [0.25, 0.3) is 0 Å². The number of para-hydroxylation sites is 4. The van der Waals surface area contributed by atoms with Crippen LogP contribution in [0.5, 0.6) is 11.5 Å². The number of hydrogen-bond donors (Lipinski definition) is 1. The number of ether oxygens (including phenoxy) is 1. The minimum atomic E-state index is 0.173. The fourth-order valence-corrected chi connectivity index (χ4v) is 3.62. The quantitative estimate of drug-likeness (QED) is 0.316. The van der Waals surface area contributed by atoms with Gasteiger partial charge in [-0.3, -0.25) is 4.57 Å². The highest BCUT2D eigenvalue weighted by Gasteiger charge is 2.10. The van der Waals surface area contributed by atoms with E-state index < -0.39 is 0 Å². The van der Waals surface area contributed by atoms with Crippen molar-refractivity contribution >= 4 is 39.6 Å². The van der Waals surface area contributed by atoms with Crippen molar-refractivity contribution in [1.29, 1.82) is 0 Å². The molecule has 0 amide bonds. The van der Waals surface area contributed by atoms with Crippen LogP contribution in [0.1, 0.15) is 12.1 Å². The van der Waals surface area contributed by atoms with Crippen LogP contribution in [0.2, 0.25) is 0 Å². The number of phenolic OH excluding ortho intramolecular Hbond substituents is 1. The van der Waals surface area contributed by atoms with E-state index in [4.69, 9.17) is 4.74 Å². The Morgan fingerprint density at radius 1 is 1.16 bits per heavy atom. The van der Waals surface area contributed by atoms with E-state index in [9.17, 15) is 5.11 Å². The monoisotopic (exact) mass is 466 g/mol. The zero-order valence-corrected chi connectivity index (χ0v) is 16.8. The highest BCUT2D eigenvalue weighted by Crippen LogP contribution is 2.26. The van der Waals surface area contributed by atoms with Crippen LogP contribution in [0.15, 0.2) is 58.9 Å². The minimum absolute atomic E-state index is 0.173. The molecule has 0 aliphatic rings. The third-order valence-corrected chi connectivity index (χ3v) is 5.32. The summed E-state index contributed by atoms with van der Waals surface area (Å²) in [6.45, 7) is 2.73. The summed E-state index contributed by atoms with van der Waals surface area (Å²) < 4.78 is 9.11. The molecule has 0 unspecified atom stereocenters. The van der Waals surface area contributed by atoms with Crippen molar-refractivity contribution < 1.29 is 9.84 Å². The number of halogens is 1. The van der Waals surface area contributed by atoms with Crippen molar-refractivity contribution in [3.8, 4) is 17.2 Å². The van der Waals surface area contributed by atoms with Gasteiger partial charge in [0, 0.05) is 15.5 Å². The zero-order chi connectivity index (χ0) is 17.6. The number of hydrogen-bond acceptors (Lipinski definition) is 4. The van der Waals surface area contributed by atoms with Crippen LogP contribution in [0.4, 0.5) is 5.69 Å². The van der Waals surface area contributed by atoms with Crippen LogP contribution in [-0.2, 0) is 0 Å². The average molecular weight is 466 g/mol. The molecule has 4 nitrogen and oxygen atoms in total. The summed E-state index contributed by atoms with van der Waals surface area (Å²) in [6.07, 6.45) is 1.01. The van der Waals surface area contributed by atoms with Crippen molar-refractivity contribution in [1.82, 2.24) is 4.57 Å². The molecule has 0 fully saturated rings. The number of alkyl halides is 1.